The Balaban J connectivity index is 1.31. The molecule has 1 saturated heterocycles. The van der Waals surface area contributed by atoms with Crippen molar-refractivity contribution in [2.75, 3.05) is 16.8 Å². The first-order valence-electron chi connectivity index (χ1n) is 11.8. The Morgan fingerprint density at radius 3 is 2.56 bits per heavy atom. The molecular formula is C28H29N3O3. The number of carbonyl (C=O) groups excluding carboxylic acids is 2. The van der Waals surface area contributed by atoms with Gasteiger partial charge in [0, 0.05) is 39.7 Å². The number of aryl methyl sites for hydroxylation is 1. The van der Waals surface area contributed by atoms with Gasteiger partial charge in [0.05, 0.1) is 13.0 Å². The van der Waals surface area contributed by atoms with E-state index in [4.69, 9.17) is 4.74 Å². The molecule has 1 atom stereocenters. The van der Waals surface area contributed by atoms with E-state index in [0.29, 0.717) is 18.2 Å². The molecule has 6 heteroatoms. The van der Waals surface area contributed by atoms with E-state index in [9.17, 15) is 9.59 Å². The van der Waals surface area contributed by atoms with E-state index < -0.39 is 12.2 Å². The molecule has 2 amide bonds. The highest BCUT2D eigenvalue weighted by Crippen LogP contribution is 2.32. The van der Waals surface area contributed by atoms with Gasteiger partial charge in [-0.15, -0.1) is 0 Å². The van der Waals surface area contributed by atoms with Crippen LogP contribution in [0.25, 0.3) is 21.8 Å². The lowest BCUT2D eigenvalue weighted by Gasteiger charge is -2.22. The first-order chi connectivity index (χ1) is 16.5. The Labute approximate surface area is 199 Å². The smallest absolute Gasteiger partial charge is 0.411 e. The average Bonchev–Trinajstić information content (AvgIpc) is 3.35. The van der Waals surface area contributed by atoms with Gasteiger partial charge in [-0.2, -0.15) is 0 Å². The number of carbonyl (C=O) groups is 2. The second-order valence-corrected chi connectivity index (χ2v) is 9.07. The van der Waals surface area contributed by atoms with Crippen LogP contribution < -0.4 is 10.2 Å². The molecule has 1 N–H and O–H groups in total. The lowest BCUT2D eigenvalue weighted by atomic mass is 10.0. The summed E-state index contributed by atoms with van der Waals surface area (Å²) in [6.07, 6.45) is -0.850. The molecule has 3 aromatic carbocycles. The van der Waals surface area contributed by atoms with Crippen molar-refractivity contribution in [1.29, 1.82) is 0 Å². The zero-order chi connectivity index (χ0) is 23.8. The number of benzene rings is 3. The van der Waals surface area contributed by atoms with Crippen molar-refractivity contribution in [3.05, 3.63) is 72.3 Å². The fourth-order valence-corrected chi connectivity index (χ4v) is 4.98. The van der Waals surface area contributed by atoms with Crippen molar-refractivity contribution in [2.45, 2.75) is 45.8 Å². The molecule has 1 aliphatic rings. The van der Waals surface area contributed by atoms with E-state index in [-0.39, 0.29) is 12.3 Å². The molecule has 4 aromatic rings. The summed E-state index contributed by atoms with van der Waals surface area (Å²) in [5, 5.41) is 5.09. The predicted octanol–water partition coefficient (Wildman–Crippen LogP) is 6.29. The third-order valence-corrected chi connectivity index (χ3v) is 6.55. The number of nitrogens with zero attached hydrogens (tertiary/aromatic N) is 2. The van der Waals surface area contributed by atoms with E-state index in [2.05, 4.69) is 42.8 Å². The van der Waals surface area contributed by atoms with Crippen molar-refractivity contribution < 1.29 is 14.3 Å². The van der Waals surface area contributed by atoms with Gasteiger partial charge < -0.3 is 14.2 Å². The minimum Gasteiger partial charge on any atom is -0.444 e. The maximum atomic E-state index is 12.7. The maximum Gasteiger partial charge on any atom is 0.411 e. The summed E-state index contributed by atoms with van der Waals surface area (Å²) < 4.78 is 7.91. The van der Waals surface area contributed by atoms with Crippen LogP contribution in [0.15, 0.2) is 66.7 Å². The van der Waals surface area contributed by atoms with Crippen molar-refractivity contribution in [3.63, 3.8) is 0 Å². The van der Waals surface area contributed by atoms with Crippen LogP contribution in [-0.2, 0) is 16.1 Å². The Hall–Kier alpha value is -3.80. The van der Waals surface area contributed by atoms with Gasteiger partial charge in [0.25, 0.3) is 0 Å². The number of fused-ring (bicyclic) bond motifs is 3. The summed E-state index contributed by atoms with van der Waals surface area (Å²) >= 11 is 0. The zero-order valence-corrected chi connectivity index (χ0v) is 19.7. The number of hydrogen-bond acceptors (Lipinski definition) is 3. The lowest BCUT2D eigenvalue weighted by Crippen LogP contribution is -2.28. The molecule has 1 aliphatic heterocycles. The van der Waals surface area contributed by atoms with Crippen LogP contribution in [0.5, 0.6) is 0 Å². The monoisotopic (exact) mass is 455 g/mol. The Morgan fingerprint density at radius 2 is 1.76 bits per heavy atom. The lowest BCUT2D eigenvalue weighted by molar-refractivity contribution is -0.117. The Bertz CT molecular complexity index is 1390. The predicted molar refractivity (Wildman–Crippen MR) is 137 cm³/mol. The second kappa shape index (κ2) is 8.86. The van der Waals surface area contributed by atoms with Crippen molar-refractivity contribution >= 4 is 45.2 Å². The van der Waals surface area contributed by atoms with Crippen LogP contribution in [0, 0.1) is 0 Å². The molecule has 34 heavy (non-hydrogen) atoms. The van der Waals surface area contributed by atoms with Gasteiger partial charge in [0.15, 0.2) is 0 Å². The van der Waals surface area contributed by atoms with E-state index in [1.807, 2.05) is 54.6 Å². The highest BCUT2D eigenvalue weighted by atomic mass is 16.6. The van der Waals surface area contributed by atoms with Crippen LogP contribution in [-0.4, -0.2) is 29.2 Å². The largest absolute Gasteiger partial charge is 0.444 e. The topological polar surface area (TPSA) is 63.6 Å². The average molecular weight is 456 g/mol. The summed E-state index contributed by atoms with van der Waals surface area (Å²) in [6.45, 7) is 7.57. The summed E-state index contributed by atoms with van der Waals surface area (Å²) in [6, 6.07) is 22.1. The molecule has 2 heterocycles. The molecule has 5 rings (SSSR count). The second-order valence-electron chi connectivity index (χ2n) is 9.07. The van der Waals surface area contributed by atoms with Gasteiger partial charge in [-0.25, -0.2) is 4.79 Å². The van der Waals surface area contributed by atoms with Gasteiger partial charge in [-0.05, 0) is 48.7 Å². The van der Waals surface area contributed by atoms with Gasteiger partial charge in [0.2, 0.25) is 5.91 Å². The van der Waals surface area contributed by atoms with E-state index in [1.165, 1.54) is 5.52 Å². The maximum absolute atomic E-state index is 12.7. The standard InChI is InChI=1S/C28H29N3O3/c1-4-30-25-12-8-6-10-22(25)23-15-19(13-14-26(23)30)29-28(33)34-20-16-27(32)31(17-20)24-11-7-5-9-21(24)18(2)3/h5-15,18,20H,4,16-17H2,1-3H3,(H,29,33)/t20-/m0/s1. The molecule has 6 nitrogen and oxygen atoms in total. The molecule has 1 aromatic heterocycles. The molecule has 1 fully saturated rings. The zero-order valence-electron chi connectivity index (χ0n) is 19.7. The van der Waals surface area contributed by atoms with Crippen LogP contribution in [0.2, 0.25) is 0 Å². The molecule has 0 radical (unpaired) electrons. The first-order valence-corrected chi connectivity index (χ1v) is 11.8. The van der Waals surface area contributed by atoms with Crippen molar-refractivity contribution in [3.8, 4) is 0 Å². The van der Waals surface area contributed by atoms with Gasteiger partial charge in [-0.1, -0.05) is 50.2 Å². The SMILES string of the molecule is CCn1c2ccccc2c2cc(NC(=O)O[C@H]3CC(=O)N(c4ccccc4C(C)C)C3)ccc21. The van der Waals surface area contributed by atoms with Crippen LogP contribution in [0.4, 0.5) is 16.2 Å². The number of hydrogen-bond donors (Lipinski definition) is 1. The van der Waals surface area contributed by atoms with Crippen molar-refractivity contribution in [2.24, 2.45) is 0 Å². The Morgan fingerprint density at radius 1 is 1.03 bits per heavy atom. The number of rotatable bonds is 5. The number of ether oxygens (including phenoxy) is 1. The highest BCUT2D eigenvalue weighted by molar-refractivity contribution is 6.09. The summed E-state index contributed by atoms with van der Waals surface area (Å²) in [5.41, 5.74) is 4.98. The fourth-order valence-electron chi connectivity index (χ4n) is 4.98. The quantitative estimate of drug-likeness (QED) is 0.385. The van der Waals surface area contributed by atoms with Crippen LogP contribution in [0.1, 0.15) is 38.7 Å². The fraction of sp³-hybridized carbons (Fsp3) is 0.286. The molecular weight excluding hydrogens is 426 g/mol. The van der Waals surface area contributed by atoms with Gasteiger partial charge in [0.1, 0.15) is 6.10 Å². The molecule has 0 spiro atoms. The van der Waals surface area contributed by atoms with Crippen molar-refractivity contribution in [1.82, 2.24) is 4.57 Å². The molecule has 174 valence electrons. The van der Waals surface area contributed by atoms with Gasteiger partial charge >= 0.3 is 6.09 Å². The number of anilines is 2. The summed E-state index contributed by atoms with van der Waals surface area (Å²) in [5.74, 6) is 0.264. The van der Waals surface area contributed by atoms with E-state index in [0.717, 1.165) is 34.1 Å². The number of para-hydroxylation sites is 2. The Kier molecular flexibility index (Phi) is 5.74. The van der Waals surface area contributed by atoms with Crippen LogP contribution in [0.3, 0.4) is 0 Å². The normalized spacial score (nSPS) is 16.1. The molecule has 0 unspecified atom stereocenters. The first kappa shape index (κ1) is 22.0. The number of aromatic nitrogens is 1. The summed E-state index contributed by atoms with van der Waals surface area (Å²) in [7, 11) is 0. The summed E-state index contributed by atoms with van der Waals surface area (Å²) in [4.78, 5) is 27.1. The highest BCUT2D eigenvalue weighted by Gasteiger charge is 2.34. The number of nitrogens with one attached hydrogen (secondary N) is 1. The molecule has 0 bridgehead atoms. The third-order valence-electron chi connectivity index (χ3n) is 6.55. The molecule has 0 aliphatic carbocycles. The van der Waals surface area contributed by atoms with E-state index in [1.54, 1.807) is 4.90 Å². The minimum absolute atomic E-state index is 0.0281. The van der Waals surface area contributed by atoms with Gasteiger partial charge in [-0.3, -0.25) is 10.1 Å². The van der Waals surface area contributed by atoms with E-state index >= 15 is 0 Å². The minimum atomic E-state index is -0.546. The third kappa shape index (κ3) is 3.89. The van der Waals surface area contributed by atoms with Crippen LogP contribution >= 0.6 is 0 Å². The molecule has 0 saturated carbocycles. The number of amides is 2.